The molecule has 1 fully saturated rings. The molecule has 3 nitrogen and oxygen atoms in total. The number of methoxy groups -OCH3 is 1. The van der Waals surface area contributed by atoms with Crippen LogP contribution in [0, 0.1) is 0 Å². The molecule has 23 heavy (non-hydrogen) atoms. The lowest BCUT2D eigenvalue weighted by Crippen LogP contribution is -2.23. The summed E-state index contributed by atoms with van der Waals surface area (Å²) < 4.78 is 5.38. The molecule has 1 unspecified atom stereocenters. The van der Waals surface area contributed by atoms with Gasteiger partial charge in [0, 0.05) is 11.9 Å². The van der Waals surface area contributed by atoms with Crippen LogP contribution in [0.2, 0.25) is 0 Å². The molecule has 0 aliphatic carbocycles. The van der Waals surface area contributed by atoms with E-state index in [1.807, 2.05) is 12.1 Å². The van der Waals surface area contributed by atoms with Gasteiger partial charge in [-0.15, -0.1) is 0 Å². The van der Waals surface area contributed by atoms with Gasteiger partial charge in [-0.2, -0.15) is 0 Å². The standard InChI is InChI=1S/C20H20N2O/c1-23-17-8-4-7-16(14-17)19-10-5-13-22(19)20-12-11-15-6-2-3-9-18(15)21-20/h2-4,6-9,11-12,14,19H,5,10,13H2,1H3. The minimum atomic E-state index is 0.374. The lowest BCUT2D eigenvalue weighted by atomic mass is 10.0. The molecule has 2 heterocycles. The second-order valence-electron chi connectivity index (χ2n) is 5.99. The molecule has 1 aliphatic heterocycles. The molecule has 116 valence electrons. The van der Waals surface area contributed by atoms with E-state index < -0.39 is 0 Å². The van der Waals surface area contributed by atoms with Gasteiger partial charge in [0.15, 0.2) is 0 Å². The number of benzene rings is 2. The molecule has 0 radical (unpaired) electrons. The van der Waals surface area contributed by atoms with Gasteiger partial charge in [-0.3, -0.25) is 0 Å². The zero-order valence-corrected chi connectivity index (χ0v) is 13.3. The molecule has 3 aromatic rings. The van der Waals surface area contributed by atoms with Crippen LogP contribution in [0.1, 0.15) is 24.4 Å². The highest BCUT2D eigenvalue weighted by Crippen LogP contribution is 2.36. The van der Waals surface area contributed by atoms with E-state index in [0.717, 1.165) is 30.0 Å². The Morgan fingerprint density at radius 2 is 1.96 bits per heavy atom. The van der Waals surface area contributed by atoms with E-state index in [4.69, 9.17) is 9.72 Å². The van der Waals surface area contributed by atoms with Crippen LogP contribution in [0.25, 0.3) is 10.9 Å². The van der Waals surface area contributed by atoms with Crippen LogP contribution >= 0.6 is 0 Å². The highest BCUT2D eigenvalue weighted by molar-refractivity contribution is 5.80. The molecule has 0 bridgehead atoms. The smallest absolute Gasteiger partial charge is 0.129 e. The topological polar surface area (TPSA) is 25.4 Å². The van der Waals surface area contributed by atoms with Crippen LogP contribution in [0.5, 0.6) is 5.75 Å². The Hall–Kier alpha value is -2.55. The fourth-order valence-corrected chi connectivity index (χ4v) is 3.45. The number of aromatic nitrogens is 1. The molecular weight excluding hydrogens is 284 g/mol. The Morgan fingerprint density at radius 1 is 1.04 bits per heavy atom. The van der Waals surface area contributed by atoms with Crippen molar-refractivity contribution < 1.29 is 4.74 Å². The molecule has 1 aromatic heterocycles. The number of pyridine rings is 1. The monoisotopic (exact) mass is 304 g/mol. The van der Waals surface area contributed by atoms with Crippen LogP contribution in [-0.4, -0.2) is 18.6 Å². The summed E-state index contributed by atoms with van der Waals surface area (Å²) >= 11 is 0. The second-order valence-corrected chi connectivity index (χ2v) is 5.99. The van der Waals surface area contributed by atoms with Gasteiger partial charge in [0.05, 0.1) is 18.7 Å². The summed E-state index contributed by atoms with van der Waals surface area (Å²) in [5.74, 6) is 1.98. The molecule has 0 amide bonds. The van der Waals surface area contributed by atoms with E-state index in [1.54, 1.807) is 7.11 Å². The van der Waals surface area contributed by atoms with Crippen molar-refractivity contribution in [1.82, 2.24) is 4.98 Å². The number of ether oxygens (including phenoxy) is 1. The van der Waals surface area contributed by atoms with Crippen molar-refractivity contribution in [3.05, 3.63) is 66.2 Å². The van der Waals surface area contributed by atoms with Gasteiger partial charge in [-0.25, -0.2) is 4.98 Å². The first-order chi connectivity index (χ1) is 11.3. The fourth-order valence-electron chi connectivity index (χ4n) is 3.45. The van der Waals surface area contributed by atoms with Crippen molar-refractivity contribution in [2.75, 3.05) is 18.6 Å². The normalized spacial score (nSPS) is 17.6. The SMILES string of the molecule is COc1cccc(C2CCCN2c2ccc3ccccc3n2)c1. The number of hydrogen-bond acceptors (Lipinski definition) is 3. The van der Waals surface area contributed by atoms with Crippen molar-refractivity contribution in [2.45, 2.75) is 18.9 Å². The van der Waals surface area contributed by atoms with Gasteiger partial charge in [0.2, 0.25) is 0 Å². The Bertz CT molecular complexity index is 830. The minimum absolute atomic E-state index is 0.374. The molecule has 1 aliphatic rings. The molecular formula is C20H20N2O. The largest absolute Gasteiger partial charge is 0.497 e. The van der Waals surface area contributed by atoms with Crippen LogP contribution in [0.15, 0.2) is 60.7 Å². The van der Waals surface area contributed by atoms with Crippen LogP contribution in [0.3, 0.4) is 0 Å². The highest BCUT2D eigenvalue weighted by Gasteiger charge is 2.27. The quantitative estimate of drug-likeness (QED) is 0.708. The summed E-state index contributed by atoms with van der Waals surface area (Å²) in [6.07, 6.45) is 2.35. The van der Waals surface area contributed by atoms with E-state index in [2.05, 4.69) is 53.4 Å². The predicted molar refractivity (Wildman–Crippen MR) is 94.1 cm³/mol. The van der Waals surface area contributed by atoms with Gasteiger partial charge in [-0.05, 0) is 48.7 Å². The fraction of sp³-hybridized carbons (Fsp3) is 0.250. The summed E-state index contributed by atoms with van der Waals surface area (Å²) in [4.78, 5) is 7.29. The first-order valence-corrected chi connectivity index (χ1v) is 8.11. The van der Waals surface area contributed by atoms with Crippen molar-refractivity contribution in [3.63, 3.8) is 0 Å². The number of hydrogen-bond donors (Lipinski definition) is 0. The van der Waals surface area contributed by atoms with Gasteiger partial charge in [0.25, 0.3) is 0 Å². The number of nitrogens with zero attached hydrogens (tertiary/aromatic N) is 2. The Kier molecular flexibility index (Phi) is 3.62. The van der Waals surface area contributed by atoms with Gasteiger partial charge in [-0.1, -0.05) is 30.3 Å². The molecule has 0 N–H and O–H groups in total. The van der Waals surface area contributed by atoms with Crippen molar-refractivity contribution in [3.8, 4) is 5.75 Å². The zero-order valence-electron chi connectivity index (χ0n) is 13.3. The molecule has 3 heteroatoms. The third-order valence-corrected chi connectivity index (χ3v) is 4.61. The molecule has 0 spiro atoms. The van der Waals surface area contributed by atoms with Gasteiger partial charge < -0.3 is 9.64 Å². The van der Waals surface area contributed by atoms with Crippen molar-refractivity contribution in [1.29, 1.82) is 0 Å². The number of rotatable bonds is 3. The van der Waals surface area contributed by atoms with Gasteiger partial charge in [0.1, 0.15) is 11.6 Å². The summed E-state index contributed by atoms with van der Waals surface area (Å²) in [5, 5.41) is 1.19. The lowest BCUT2D eigenvalue weighted by molar-refractivity contribution is 0.414. The number of anilines is 1. The Balaban J connectivity index is 1.71. The van der Waals surface area contributed by atoms with E-state index in [1.165, 1.54) is 17.4 Å². The third kappa shape index (κ3) is 2.63. The summed E-state index contributed by atoms with van der Waals surface area (Å²) in [5.41, 5.74) is 2.36. The third-order valence-electron chi connectivity index (χ3n) is 4.61. The average Bonchev–Trinajstić information content (AvgIpc) is 3.11. The van der Waals surface area contributed by atoms with Crippen molar-refractivity contribution in [2.24, 2.45) is 0 Å². The van der Waals surface area contributed by atoms with Gasteiger partial charge >= 0.3 is 0 Å². The molecule has 4 rings (SSSR count). The van der Waals surface area contributed by atoms with E-state index in [9.17, 15) is 0 Å². The summed E-state index contributed by atoms with van der Waals surface area (Å²) in [6, 6.07) is 21.4. The number of fused-ring (bicyclic) bond motifs is 1. The first-order valence-electron chi connectivity index (χ1n) is 8.11. The summed E-state index contributed by atoms with van der Waals surface area (Å²) in [6.45, 7) is 1.05. The maximum Gasteiger partial charge on any atom is 0.129 e. The maximum atomic E-state index is 5.38. The van der Waals surface area contributed by atoms with E-state index in [0.29, 0.717) is 6.04 Å². The van der Waals surface area contributed by atoms with Crippen molar-refractivity contribution >= 4 is 16.7 Å². The minimum Gasteiger partial charge on any atom is -0.497 e. The lowest BCUT2D eigenvalue weighted by Gasteiger charge is -2.26. The molecule has 0 saturated carbocycles. The van der Waals surface area contributed by atoms with E-state index >= 15 is 0 Å². The van der Waals surface area contributed by atoms with E-state index in [-0.39, 0.29) is 0 Å². The second kappa shape index (κ2) is 5.92. The Morgan fingerprint density at radius 3 is 2.87 bits per heavy atom. The Labute approximate surface area is 136 Å². The zero-order chi connectivity index (χ0) is 15.6. The van der Waals surface area contributed by atoms with Crippen LogP contribution in [0.4, 0.5) is 5.82 Å². The predicted octanol–water partition coefficient (Wildman–Crippen LogP) is 4.58. The number of para-hydroxylation sites is 1. The average molecular weight is 304 g/mol. The molecule has 1 atom stereocenters. The van der Waals surface area contributed by atoms with Crippen LogP contribution in [-0.2, 0) is 0 Å². The highest BCUT2D eigenvalue weighted by atomic mass is 16.5. The molecule has 2 aromatic carbocycles. The van der Waals surface area contributed by atoms with Crippen LogP contribution < -0.4 is 9.64 Å². The first kappa shape index (κ1) is 14.1. The maximum absolute atomic E-state index is 5.38. The molecule has 1 saturated heterocycles. The summed E-state index contributed by atoms with van der Waals surface area (Å²) in [7, 11) is 1.72.